The van der Waals surface area contributed by atoms with Crippen LogP contribution in [-0.4, -0.2) is 54.0 Å². The molecule has 0 saturated heterocycles. The molecule has 2 rings (SSSR count). The molecule has 0 fully saturated rings. The van der Waals surface area contributed by atoms with Crippen LogP contribution in [0.1, 0.15) is 20.7 Å². The van der Waals surface area contributed by atoms with Crippen LogP contribution in [0, 0.1) is 0 Å². The normalized spacial score (nSPS) is 11.2. The van der Waals surface area contributed by atoms with Crippen LogP contribution in [0.15, 0.2) is 11.0 Å². The van der Waals surface area contributed by atoms with E-state index in [0.29, 0.717) is 0 Å². The Hall–Kier alpha value is -0.693. The van der Waals surface area contributed by atoms with Gasteiger partial charge in [-0.3, -0.25) is 4.55 Å². The SMILES string of the molecule is O=C(O)c1cc(Cl)c(Cl)c2c(Cl)c(Cl)c(S(=O)(=O)O)c(C(=O)O)c12.[LiH]. The zero-order valence-corrected chi connectivity index (χ0v) is 14.8. The van der Waals surface area contributed by atoms with E-state index in [1.165, 1.54) is 0 Å². The Morgan fingerprint density at radius 1 is 0.880 bits per heavy atom. The van der Waals surface area contributed by atoms with Gasteiger partial charge in [0.05, 0.1) is 31.2 Å². The third kappa shape index (κ3) is 3.72. The molecular formula is C12H5Cl4LiO7S. The van der Waals surface area contributed by atoms with E-state index in [-0.39, 0.29) is 34.3 Å². The van der Waals surface area contributed by atoms with Crippen LogP contribution in [0.4, 0.5) is 0 Å². The summed E-state index contributed by atoms with van der Waals surface area (Å²) < 4.78 is 32.4. The van der Waals surface area contributed by atoms with E-state index >= 15 is 0 Å². The number of halogens is 4. The van der Waals surface area contributed by atoms with Gasteiger partial charge in [0.25, 0.3) is 10.1 Å². The van der Waals surface area contributed by atoms with Crippen molar-refractivity contribution < 1.29 is 32.8 Å². The monoisotopic (exact) mass is 440 g/mol. The zero-order chi connectivity index (χ0) is 18.6. The van der Waals surface area contributed by atoms with Crippen molar-refractivity contribution in [2.45, 2.75) is 4.90 Å². The minimum absolute atomic E-state index is 0. The average molecular weight is 442 g/mol. The Bertz CT molecular complexity index is 1040. The van der Waals surface area contributed by atoms with Gasteiger partial charge < -0.3 is 10.2 Å². The fourth-order valence-electron chi connectivity index (χ4n) is 2.14. The van der Waals surface area contributed by atoms with Crippen LogP contribution in [-0.2, 0) is 10.1 Å². The third-order valence-corrected chi connectivity index (χ3v) is 5.69. The molecule has 0 unspecified atom stereocenters. The summed E-state index contributed by atoms with van der Waals surface area (Å²) in [5, 5.41) is 15.6. The van der Waals surface area contributed by atoms with Gasteiger partial charge >= 0.3 is 30.8 Å². The molecule has 2 aromatic carbocycles. The van der Waals surface area contributed by atoms with Gasteiger partial charge in [-0.25, -0.2) is 9.59 Å². The van der Waals surface area contributed by atoms with E-state index in [1.54, 1.807) is 0 Å². The molecule has 0 spiro atoms. The van der Waals surface area contributed by atoms with Gasteiger partial charge in [-0.1, -0.05) is 46.4 Å². The van der Waals surface area contributed by atoms with E-state index in [0.717, 1.165) is 6.07 Å². The summed E-state index contributed by atoms with van der Waals surface area (Å²) in [6, 6.07) is 0.832. The predicted octanol–water partition coefficient (Wildman–Crippen LogP) is 3.45. The second-order valence-electron chi connectivity index (χ2n) is 4.39. The van der Waals surface area contributed by atoms with Crippen LogP contribution in [0.25, 0.3) is 10.8 Å². The van der Waals surface area contributed by atoms with Crippen molar-refractivity contribution in [2.75, 3.05) is 0 Å². The predicted molar refractivity (Wildman–Crippen MR) is 94.9 cm³/mol. The third-order valence-electron chi connectivity index (χ3n) is 3.01. The molecule has 0 atom stereocenters. The topological polar surface area (TPSA) is 129 Å². The van der Waals surface area contributed by atoms with Crippen LogP contribution in [0.5, 0.6) is 0 Å². The first-order valence-electron chi connectivity index (χ1n) is 5.66. The van der Waals surface area contributed by atoms with Crippen molar-refractivity contribution in [1.82, 2.24) is 0 Å². The van der Waals surface area contributed by atoms with Gasteiger partial charge in [0.1, 0.15) is 4.90 Å². The Kier molecular flexibility index (Phi) is 6.71. The minimum atomic E-state index is -5.15. The van der Waals surface area contributed by atoms with Gasteiger partial charge in [0.2, 0.25) is 0 Å². The van der Waals surface area contributed by atoms with Crippen molar-refractivity contribution in [3.8, 4) is 0 Å². The van der Waals surface area contributed by atoms with Crippen molar-refractivity contribution in [3.63, 3.8) is 0 Å². The number of aromatic carboxylic acids is 2. The van der Waals surface area contributed by atoms with E-state index in [9.17, 15) is 32.8 Å². The number of carboxylic acids is 2. The number of carboxylic acid groups (broad SMARTS) is 2. The van der Waals surface area contributed by atoms with Gasteiger partial charge in [-0.2, -0.15) is 8.42 Å². The molecule has 0 saturated carbocycles. The first kappa shape index (κ1) is 22.3. The van der Waals surface area contributed by atoms with Gasteiger partial charge in [-0.15, -0.1) is 0 Å². The molecule has 0 bridgehead atoms. The van der Waals surface area contributed by atoms with Crippen molar-refractivity contribution >= 4 is 98.1 Å². The average Bonchev–Trinajstić information content (AvgIpc) is 2.43. The standard InChI is InChI=1S/C12H4Cl4O7S.Li.H/c13-3-1-2(11(17)18)4-5(7(3)14)8(15)9(16)10(24(21,22)23)6(4)12(19)20;;/h1H,(H,17,18)(H,19,20)(H,21,22,23);;. The fraction of sp³-hybridized carbons (Fsp3) is 0. The number of carbonyl (C=O) groups is 2. The van der Waals surface area contributed by atoms with Gasteiger partial charge in [-0.05, 0) is 6.07 Å². The first-order valence-corrected chi connectivity index (χ1v) is 8.61. The molecule has 0 aromatic heterocycles. The summed E-state index contributed by atoms with van der Waals surface area (Å²) in [5.74, 6) is -3.49. The van der Waals surface area contributed by atoms with Crippen molar-refractivity contribution in [2.24, 2.45) is 0 Å². The molecule has 0 aliphatic rings. The molecule has 130 valence electrons. The summed E-state index contributed by atoms with van der Waals surface area (Å²) in [7, 11) is -5.15. The number of rotatable bonds is 3. The number of benzene rings is 2. The maximum absolute atomic E-state index is 11.6. The van der Waals surface area contributed by atoms with Crippen molar-refractivity contribution in [3.05, 3.63) is 37.3 Å². The summed E-state index contributed by atoms with van der Waals surface area (Å²) in [6.45, 7) is 0. The molecule has 0 amide bonds. The van der Waals surface area contributed by atoms with Gasteiger partial charge in [0.15, 0.2) is 0 Å². The molecule has 0 radical (unpaired) electrons. The Balaban J connectivity index is 0.00000312. The number of hydrogen-bond donors (Lipinski definition) is 3. The molecule has 0 aliphatic carbocycles. The summed E-state index contributed by atoms with van der Waals surface area (Å²) >= 11 is 23.5. The Morgan fingerprint density at radius 2 is 1.40 bits per heavy atom. The Morgan fingerprint density at radius 3 is 1.80 bits per heavy atom. The summed E-state index contributed by atoms with van der Waals surface area (Å²) in [5.41, 5.74) is -1.77. The molecule has 3 N–H and O–H groups in total. The second-order valence-corrected chi connectivity index (χ2v) is 7.29. The zero-order valence-electron chi connectivity index (χ0n) is 11.0. The van der Waals surface area contributed by atoms with Crippen LogP contribution >= 0.6 is 46.4 Å². The molecule has 2 aromatic rings. The van der Waals surface area contributed by atoms with E-state index in [1.807, 2.05) is 0 Å². The molecule has 7 nitrogen and oxygen atoms in total. The molecular weight excluding hydrogens is 437 g/mol. The molecule has 0 aliphatic heterocycles. The first-order chi connectivity index (χ1) is 10.9. The van der Waals surface area contributed by atoms with E-state index in [4.69, 9.17) is 46.4 Å². The number of hydrogen-bond acceptors (Lipinski definition) is 4. The quantitative estimate of drug-likeness (QED) is 0.491. The van der Waals surface area contributed by atoms with Crippen molar-refractivity contribution in [1.29, 1.82) is 0 Å². The van der Waals surface area contributed by atoms with Crippen LogP contribution in [0.3, 0.4) is 0 Å². The molecule has 13 heteroatoms. The maximum atomic E-state index is 11.6. The molecule has 0 heterocycles. The second kappa shape index (κ2) is 7.51. The summed E-state index contributed by atoms with van der Waals surface area (Å²) in [6.07, 6.45) is 0. The van der Waals surface area contributed by atoms with Crippen LogP contribution < -0.4 is 0 Å². The van der Waals surface area contributed by atoms with E-state index < -0.39 is 53.5 Å². The van der Waals surface area contributed by atoms with E-state index in [2.05, 4.69) is 0 Å². The Labute approximate surface area is 172 Å². The molecule has 25 heavy (non-hydrogen) atoms. The van der Waals surface area contributed by atoms with Gasteiger partial charge in [0, 0.05) is 10.8 Å². The fourth-order valence-corrected chi connectivity index (χ4v) is 4.23. The summed E-state index contributed by atoms with van der Waals surface area (Å²) in [4.78, 5) is 21.8. The van der Waals surface area contributed by atoms with Crippen LogP contribution in [0.2, 0.25) is 20.1 Å². The number of fused-ring (bicyclic) bond motifs is 1.